The van der Waals surface area contributed by atoms with Crippen molar-refractivity contribution in [2.75, 3.05) is 5.32 Å². The van der Waals surface area contributed by atoms with Crippen LogP contribution in [0.1, 0.15) is 47.6 Å². The van der Waals surface area contributed by atoms with Crippen LogP contribution in [0.3, 0.4) is 0 Å². The Morgan fingerprint density at radius 1 is 0.784 bits per heavy atom. The third-order valence-corrected chi connectivity index (χ3v) is 6.05. The third-order valence-electron chi connectivity index (χ3n) is 6.05. The molecule has 0 saturated carbocycles. The molecule has 0 fully saturated rings. The highest BCUT2D eigenvalue weighted by Crippen LogP contribution is 2.37. The number of halogens is 6. The van der Waals surface area contributed by atoms with Gasteiger partial charge < -0.3 is 11.1 Å². The number of benzene rings is 3. The van der Waals surface area contributed by atoms with E-state index in [-0.39, 0.29) is 17.2 Å². The van der Waals surface area contributed by atoms with Crippen LogP contribution in [0.5, 0.6) is 0 Å². The number of hydrogen-bond donors (Lipinski definition) is 2. The fraction of sp³-hybridized carbons (Fsp3) is 0.259. The van der Waals surface area contributed by atoms with Gasteiger partial charge in [0, 0.05) is 5.69 Å². The lowest BCUT2D eigenvalue weighted by atomic mass is 9.73. The lowest BCUT2D eigenvalue weighted by Crippen LogP contribution is -2.52. The molecule has 0 aromatic heterocycles. The molecule has 3 aromatic rings. The lowest BCUT2D eigenvalue weighted by molar-refractivity contribution is -0.138. The van der Waals surface area contributed by atoms with Crippen molar-refractivity contribution in [1.29, 1.82) is 0 Å². The second-order valence-electron chi connectivity index (χ2n) is 8.95. The Kier molecular flexibility index (Phi) is 7.71. The minimum atomic E-state index is -4.78. The van der Waals surface area contributed by atoms with Gasteiger partial charge in [-0.15, -0.1) is 0 Å². The number of nitrogens with two attached hydrogens (primary N) is 1. The highest BCUT2D eigenvalue weighted by Gasteiger charge is 2.47. The van der Waals surface area contributed by atoms with E-state index in [2.05, 4.69) is 5.32 Å². The average Bonchev–Trinajstić information content (AvgIpc) is 2.81. The summed E-state index contributed by atoms with van der Waals surface area (Å²) in [5.74, 6) is -2.25. The smallest absolute Gasteiger partial charge is 0.368 e. The molecule has 4 nitrogen and oxygen atoms in total. The molecule has 3 aromatic carbocycles. The summed E-state index contributed by atoms with van der Waals surface area (Å²) < 4.78 is 80.0. The van der Waals surface area contributed by atoms with E-state index >= 15 is 0 Å². The summed E-state index contributed by atoms with van der Waals surface area (Å²) in [6.45, 7) is 3.90. The van der Waals surface area contributed by atoms with Gasteiger partial charge in [-0.25, -0.2) is 0 Å². The molecule has 0 heterocycles. The summed E-state index contributed by atoms with van der Waals surface area (Å²) in [7, 11) is 0. The first kappa shape index (κ1) is 27.8. The van der Waals surface area contributed by atoms with Gasteiger partial charge in [0.25, 0.3) is 0 Å². The number of carbonyl (C=O) groups excluding carboxylic acids is 2. The van der Waals surface area contributed by atoms with Crippen molar-refractivity contribution in [3.63, 3.8) is 0 Å². The molecule has 37 heavy (non-hydrogen) atoms. The van der Waals surface area contributed by atoms with E-state index in [4.69, 9.17) is 5.73 Å². The van der Waals surface area contributed by atoms with Crippen LogP contribution >= 0.6 is 0 Å². The topological polar surface area (TPSA) is 72.2 Å². The van der Waals surface area contributed by atoms with Gasteiger partial charge in [0.05, 0.1) is 11.1 Å². The van der Waals surface area contributed by atoms with Crippen molar-refractivity contribution in [3.05, 3.63) is 101 Å². The van der Waals surface area contributed by atoms with Gasteiger partial charge in [0.2, 0.25) is 11.8 Å². The van der Waals surface area contributed by atoms with E-state index < -0.39 is 47.1 Å². The molecular formula is C27H24F6N2O2. The van der Waals surface area contributed by atoms with Gasteiger partial charge in [-0.2, -0.15) is 26.3 Å². The first-order chi connectivity index (χ1) is 17.1. The minimum absolute atomic E-state index is 0.169. The zero-order chi connectivity index (χ0) is 27.6. The van der Waals surface area contributed by atoms with Crippen molar-refractivity contribution in [2.24, 2.45) is 5.73 Å². The fourth-order valence-corrected chi connectivity index (χ4v) is 3.95. The number of primary amides is 1. The maximum Gasteiger partial charge on any atom is 0.416 e. The van der Waals surface area contributed by atoms with Crippen molar-refractivity contribution < 1.29 is 35.9 Å². The SMILES string of the molecule is CC(C)c1ccc(CC(C(N)=O)(C(=O)Nc2cccc(C(F)(F)F)c2)c2cccc(C(F)(F)F)c2)cc1. The Morgan fingerprint density at radius 3 is 1.81 bits per heavy atom. The molecule has 0 aliphatic carbocycles. The highest BCUT2D eigenvalue weighted by molar-refractivity contribution is 6.15. The lowest BCUT2D eigenvalue weighted by Gasteiger charge is -2.31. The van der Waals surface area contributed by atoms with Crippen molar-refractivity contribution in [2.45, 2.75) is 44.0 Å². The van der Waals surface area contributed by atoms with Gasteiger partial charge in [0.1, 0.15) is 0 Å². The molecule has 0 bridgehead atoms. The van der Waals surface area contributed by atoms with E-state index in [9.17, 15) is 35.9 Å². The van der Waals surface area contributed by atoms with Crippen LogP contribution in [-0.4, -0.2) is 11.8 Å². The summed E-state index contributed by atoms with van der Waals surface area (Å²) in [4.78, 5) is 26.5. The summed E-state index contributed by atoms with van der Waals surface area (Å²) in [5.41, 5.74) is 1.87. The normalized spacial score (nSPS) is 13.8. The number of amides is 2. The zero-order valence-electron chi connectivity index (χ0n) is 19.9. The van der Waals surface area contributed by atoms with E-state index in [0.717, 1.165) is 35.9 Å². The molecule has 196 valence electrons. The molecule has 1 unspecified atom stereocenters. The van der Waals surface area contributed by atoms with Crippen molar-refractivity contribution in [1.82, 2.24) is 0 Å². The number of nitrogens with one attached hydrogen (secondary N) is 1. The quantitative estimate of drug-likeness (QED) is 0.277. The van der Waals surface area contributed by atoms with E-state index in [1.807, 2.05) is 13.8 Å². The summed E-state index contributed by atoms with van der Waals surface area (Å²) in [5, 5.41) is 2.26. The number of rotatable bonds is 7. The Labute approximate surface area is 209 Å². The van der Waals surface area contributed by atoms with E-state index in [1.54, 1.807) is 24.3 Å². The number of anilines is 1. The van der Waals surface area contributed by atoms with Crippen LogP contribution in [0, 0.1) is 0 Å². The Morgan fingerprint density at radius 2 is 1.30 bits per heavy atom. The Bertz CT molecular complexity index is 1280. The molecule has 1 atom stereocenters. The number of carbonyl (C=O) groups is 2. The van der Waals surface area contributed by atoms with Crippen LogP contribution in [0.2, 0.25) is 0 Å². The van der Waals surface area contributed by atoms with Crippen LogP contribution in [0.4, 0.5) is 32.0 Å². The van der Waals surface area contributed by atoms with Gasteiger partial charge in [-0.05, 0) is 53.3 Å². The molecule has 10 heteroatoms. The first-order valence-electron chi connectivity index (χ1n) is 11.2. The van der Waals surface area contributed by atoms with Crippen LogP contribution in [0.15, 0.2) is 72.8 Å². The van der Waals surface area contributed by atoms with Crippen molar-refractivity contribution in [3.8, 4) is 0 Å². The van der Waals surface area contributed by atoms with Gasteiger partial charge in [-0.1, -0.05) is 62.4 Å². The molecule has 0 radical (unpaired) electrons. The molecule has 0 saturated heterocycles. The standard InChI is InChI=1S/C27H24F6N2O2/c1-16(2)18-11-9-17(10-12-18)15-25(23(34)36,19-5-3-6-20(13-19)26(28,29)30)24(37)35-22-8-4-7-21(14-22)27(31,32)33/h3-14,16H,15H2,1-2H3,(H2,34,36)(H,35,37). The molecule has 3 N–H and O–H groups in total. The molecule has 3 rings (SSSR count). The van der Waals surface area contributed by atoms with E-state index in [0.29, 0.717) is 17.7 Å². The van der Waals surface area contributed by atoms with Gasteiger partial charge >= 0.3 is 12.4 Å². The predicted molar refractivity (Wildman–Crippen MR) is 127 cm³/mol. The van der Waals surface area contributed by atoms with Crippen LogP contribution < -0.4 is 11.1 Å². The number of hydrogen-bond acceptors (Lipinski definition) is 2. The zero-order valence-corrected chi connectivity index (χ0v) is 19.9. The van der Waals surface area contributed by atoms with Crippen LogP contribution in [-0.2, 0) is 33.8 Å². The monoisotopic (exact) mass is 522 g/mol. The molecule has 0 aliphatic heterocycles. The third kappa shape index (κ3) is 6.12. The summed E-state index contributed by atoms with van der Waals surface area (Å²) in [6.07, 6.45) is -9.91. The molecule has 2 amide bonds. The van der Waals surface area contributed by atoms with Gasteiger partial charge in [-0.3, -0.25) is 9.59 Å². The van der Waals surface area contributed by atoms with Crippen LogP contribution in [0.25, 0.3) is 0 Å². The van der Waals surface area contributed by atoms with Gasteiger partial charge in [0.15, 0.2) is 5.41 Å². The number of alkyl halides is 6. The average molecular weight is 522 g/mol. The molecule has 0 aliphatic rings. The highest BCUT2D eigenvalue weighted by atomic mass is 19.4. The first-order valence-corrected chi connectivity index (χ1v) is 11.2. The second kappa shape index (κ2) is 10.3. The summed E-state index contributed by atoms with van der Waals surface area (Å²) >= 11 is 0. The predicted octanol–water partition coefficient (Wildman–Crippen LogP) is 6.45. The van der Waals surface area contributed by atoms with Crippen molar-refractivity contribution >= 4 is 17.5 Å². The maximum atomic E-state index is 13.6. The maximum absolute atomic E-state index is 13.6. The molecular weight excluding hydrogens is 498 g/mol. The second-order valence-corrected chi connectivity index (χ2v) is 8.95. The molecule has 0 spiro atoms. The van der Waals surface area contributed by atoms with E-state index in [1.165, 1.54) is 6.07 Å². The Balaban J connectivity index is 2.15. The fourth-order valence-electron chi connectivity index (χ4n) is 3.95. The largest absolute Gasteiger partial charge is 0.416 e. The minimum Gasteiger partial charge on any atom is -0.368 e. The summed E-state index contributed by atoms with van der Waals surface area (Å²) in [6, 6.07) is 14.1. The Hall–Kier alpha value is -3.82.